The number of benzene rings is 1. The van der Waals surface area contributed by atoms with Crippen molar-refractivity contribution in [2.75, 3.05) is 39.9 Å². The van der Waals surface area contributed by atoms with Gasteiger partial charge in [-0.3, -0.25) is 4.90 Å². The number of ether oxygens (including phenoxy) is 1. The average molecular weight is 318 g/mol. The number of alkyl halides is 3. The van der Waals surface area contributed by atoms with Crippen LogP contribution in [0.3, 0.4) is 0 Å². The molecule has 0 bridgehead atoms. The zero-order valence-corrected chi connectivity index (χ0v) is 12.5. The average Bonchev–Trinajstić information content (AvgIpc) is 2.52. The Balaban J connectivity index is 2.41. The molecule has 1 heterocycles. The van der Waals surface area contributed by atoms with Crippen LogP contribution < -0.4 is 10.1 Å². The molecule has 1 aromatic carbocycles. The molecule has 0 radical (unpaired) electrons. The zero-order valence-electron chi connectivity index (χ0n) is 12.5. The third kappa shape index (κ3) is 3.91. The monoisotopic (exact) mass is 318 g/mol. The Bertz CT molecular complexity index is 488. The summed E-state index contributed by atoms with van der Waals surface area (Å²) in [6, 6.07) is 3.58. The van der Waals surface area contributed by atoms with Crippen LogP contribution in [0.1, 0.15) is 23.6 Å². The first kappa shape index (κ1) is 17.1. The molecule has 1 fully saturated rings. The van der Waals surface area contributed by atoms with Crippen molar-refractivity contribution in [1.82, 2.24) is 10.2 Å². The van der Waals surface area contributed by atoms with Crippen molar-refractivity contribution in [3.05, 3.63) is 29.3 Å². The van der Waals surface area contributed by atoms with E-state index in [4.69, 9.17) is 4.74 Å². The minimum Gasteiger partial charge on any atom is -0.497 e. The first-order chi connectivity index (χ1) is 10.5. The molecule has 1 aliphatic rings. The predicted molar refractivity (Wildman–Crippen MR) is 76.9 cm³/mol. The second-order valence-electron chi connectivity index (χ2n) is 5.26. The summed E-state index contributed by atoms with van der Waals surface area (Å²) < 4.78 is 45.1. The molecule has 0 unspecified atom stereocenters. The molecule has 1 atom stereocenters. The minimum atomic E-state index is -4.45. The van der Waals surface area contributed by atoms with E-state index in [1.165, 1.54) is 19.2 Å². The number of rotatable bonds is 5. The van der Waals surface area contributed by atoms with Crippen LogP contribution in [-0.4, -0.2) is 49.9 Å². The van der Waals surface area contributed by atoms with Crippen LogP contribution in [0.4, 0.5) is 13.2 Å². The first-order valence-corrected chi connectivity index (χ1v) is 7.28. The lowest BCUT2D eigenvalue weighted by atomic mass is 9.95. The molecule has 0 aliphatic carbocycles. The number of aliphatic hydroxyl groups excluding tert-OH is 1. The summed E-state index contributed by atoms with van der Waals surface area (Å²) in [4.78, 5) is 1.99. The van der Waals surface area contributed by atoms with Crippen LogP contribution in [0, 0.1) is 0 Å². The van der Waals surface area contributed by atoms with Crippen molar-refractivity contribution in [3.63, 3.8) is 0 Å². The van der Waals surface area contributed by atoms with E-state index in [0.29, 0.717) is 13.1 Å². The van der Waals surface area contributed by atoms with Crippen molar-refractivity contribution in [2.45, 2.75) is 18.6 Å². The molecule has 7 heteroatoms. The number of nitrogens with zero attached hydrogens (tertiary/aromatic N) is 1. The number of hydrogen-bond acceptors (Lipinski definition) is 4. The summed E-state index contributed by atoms with van der Waals surface area (Å²) in [6.07, 6.45) is -4.18. The molecule has 0 saturated carbocycles. The molecule has 1 aromatic rings. The molecular weight excluding hydrogens is 297 g/mol. The summed E-state index contributed by atoms with van der Waals surface area (Å²) in [5.74, 6) is 0.180. The summed E-state index contributed by atoms with van der Waals surface area (Å²) in [7, 11) is 1.34. The Morgan fingerprint density at radius 1 is 1.32 bits per heavy atom. The smallest absolute Gasteiger partial charge is 0.416 e. The van der Waals surface area contributed by atoms with Gasteiger partial charge in [-0.05, 0) is 24.1 Å². The fraction of sp³-hybridized carbons (Fsp3) is 0.600. The third-order valence-corrected chi connectivity index (χ3v) is 3.92. The molecule has 1 saturated heterocycles. The van der Waals surface area contributed by atoms with Gasteiger partial charge >= 0.3 is 6.18 Å². The van der Waals surface area contributed by atoms with Crippen molar-refractivity contribution in [3.8, 4) is 5.75 Å². The highest BCUT2D eigenvalue weighted by Gasteiger charge is 2.37. The van der Waals surface area contributed by atoms with E-state index in [0.717, 1.165) is 19.2 Å². The van der Waals surface area contributed by atoms with E-state index < -0.39 is 17.8 Å². The highest BCUT2D eigenvalue weighted by Crippen LogP contribution is 2.39. The molecule has 4 nitrogen and oxygen atoms in total. The van der Waals surface area contributed by atoms with Gasteiger partial charge in [0.05, 0.1) is 12.7 Å². The van der Waals surface area contributed by atoms with Gasteiger partial charge in [-0.15, -0.1) is 0 Å². The van der Waals surface area contributed by atoms with Gasteiger partial charge in [-0.1, -0.05) is 6.07 Å². The molecule has 124 valence electrons. The van der Waals surface area contributed by atoms with Crippen molar-refractivity contribution >= 4 is 0 Å². The molecule has 2 N–H and O–H groups in total. The second-order valence-corrected chi connectivity index (χ2v) is 5.26. The third-order valence-electron chi connectivity index (χ3n) is 3.92. The van der Waals surface area contributed by atoms with Crippen LogP contribution in [0.15, 0.2) is 18.2 Å². The minimum absolute atomic E-state index is 0.155. The highest BCUT2D eigenvalue weighted by atomic mass is 19.4. The molecule has 22 heavy (non-hydrogen) atoms. The molecule has 0 amide bonds. The molecule has 0 spiro atoms. The Morgan fingerprint density at radius 3 is 2.55 bits per heavy atom. The summed E-state index contributed by atoms with van der Waals surface area (Å²) in [5.41, 5.74) is -0.493. The second kappa shape index (κ2) is 7.30. The predicted octanol–water partition coefficient (Wildman–Crippen LogP) is 2.04. The topological polar surface area (TPSA) is 44.7 Å². The van der Waals surface area contributed by atoms with Crippen molar-refractivity contribution < 1.29 is 23.0 Å². The number of halogens is 3. The molecule has 0 aromatic heterocycles. The normalized spacial score (nSPS) is 18.2. The van der Waals surface area contributed by atoms with E-state index in [9.17, 15) is 18.3 Å². The van der Waals surface area contributed by atoms with Gasteiger partial charge < -0.3 is 15.2 Å². The van der Waals surface area contributed by atoms with E-state index in [-0.39, 0.29) is 24.3 Å². The van der Waals surface area contributed by atoms with Gasteiger partial charge in [0.15, 0.2) is 0 Å². The maximum Gasteiger partial charge on any atom is 0.416 e. The van der Waals surface area contributed by atoms with Gasteiger partial charge in [-0.25, -0.2) is 0 Å². The van der Waals surface area contributed by atoms with Crippen molar-refractivity contribution in [1.29, 1.82) is 0 Å². The quantitative estimate of drug-likeness (QED) is 0.872. The number of aliphatic hydroxyl groups is 1. The van der Waals surface area contributed by atoms with Gasteiger partial charge in [0.25, 0.3) is 0 Å². The fourth-order valence-electron chi connectivity index (χ4n) is 2.85. The van der Waals surface area contributed by atoms with Gasteiger partial charge in [-0.2, -0.15) is 13.2 Å². The van der Waals surface area contributed by atoms with E-state index in [2.05, 4.69) is 5.32 Å². The lowest BCUT2D eigenvalue weighted by Gasteiger charge is -2.36. The van der Waals surface area contributed by atoms with Crippen LogP contribution in [0.25, 0.3) is 0 Å². The Hall–Kier alpha value is -1.31. The SMILES string of the molecule is COc1ccc([C@H](CCO)N2CCNCC2)c(C(F)(F)F)c1. The van der Waals surface area contributed by atoms with Gasteiger partial charge in [0, 0.05) is 38.8 Å². The molecular formula is C15H21F3N2O2. The lowest BCUT2D eigenvalue weighted by molar-refractivity contribution is -0.139. The van der Waals surface area contributed by atoms with Crippen molar-refractivity contribution in [2.24, 2.45) is 0 Å². The number of methoxy groups -OCH3 is 1. The maximum atomic E-state index is 13.4. The highest BCUT2D eigenvalue weighted by molar-refractivity contribution is 5.39. The number of nitrogens with one attached hydrogen (secondary N) is 1. The summed E-state index contributed by atoms with van der Waals surface area (Å²) >= 11 is 0. The van der Waals surface area contributed by atoms with Crippen LogP contribution in [0.2, 0.25) is 0 Å². The largest absolute Gasteiger partial charge is 0.497 e. The van der Waals surface area contributed by atoms with Crippen LogP contribution in [-0.2, 0) is 6.18 Å². The standard InChI is InChI=1S/C15H21F3N2O2/c1-22-11-2-3-12(13(10-11)15(16,17)18)14(4-9-21)20-7-5-19-6-8-20/h2-3,10,14,19,21H,4-9H2,1H3/t14-/m0/s1. The maximum absolute atomic E-state index is 13.4. The Morgan fingerprint density at radius 2 is 2.00 bits per heavy atom. The van der Waals surface area contributed by atoms with E-state index in [1.54, 1.807) is 0 Å². The van der Waals surface area contributed by atoms with Gasteiger partial charge in [0.2, 0.25) is 0 Å². The molecule has 1 aliphatic heterocycles. The Kier molecular flexibility index (Phi) is 5.66. The lowest BCUT2D eigenvalue weighted by Crippen LogP contribution is -2.45. The summed E-state index contributed by atoms with van der Waals surface area (Å²) in [6.45, 7) is 2.64. The van der Waals surface area contributed by atoms with Crippen LogP contribution >= 0.6 is 0 Å². The Labute approximate surface area is 127 Å². The molecule has 2 rings (SSSR count). The van der Waals surface area contributed by atoms with E-state index >= 15 is 0 Å². The fourth-order valence-corrected chi connectivity index (χ4v) is 2.85. The van der Waals surface area contributed by atoms with Crippen LogP contribution in [0.5, 0.6) is 5.75 Å². The number of piperazine rings is 1. The summed E-state index contributed by atoms with van der Waals surface area (Å²) in [5, 5.41) is 12.5. The van der Waals surface area contributed by atoms with Gasteiger partial charge in [0.1, 0.15) is 5.75 Å². The number of hydrogen-bond donors (Lipinski definition) is 2. The first-order valence-electron chi connectivity index (χ1n) is 7.28. The zero-order chi connectivity index (χ0) is 16.2. The van der Waals surface area contributed by atoms with E-state index in [1.807, 2.05) is 4.90 Å².